The number of nitrogens with two attached hydrogens (primary N) is 1. The second-order valence-corrected chi connectivity index (χ2v) is 4.10. The van der Waals surface area contributed by atoms with Crippen LogP contribution in [0.2, 0.25) is 5.02 Å². The summed E-state index contributed by atoms with van der Waals surface area (Å²) in [5.41, 5.74) is 6.01. The van der Waals surface area contributed by atoms with E-state index in [1.165, 1.54) is 18.2 Å². The molecule has 6 heteroatoms. The molecule has 0 aliphatic rings. The fraction of sp³-hybridized carbons (Fsp3) is 0.364. The van der Waals surface area contributed by atoms with Crippen LogP contribution in [-0.2, 0) is 4.79 Å². The van der Waals surface area contributed by atoms with Crippen LogP contribution in [0.15, 0.2) is 18.2 Å². The predicted octanol–water partition coefficient (Wildman–Crippen LogP) is 2.97. The molecule has 0 fully saturated rings. The maximum atomic E-state index is 12.8. The predicted molar refractivity (Wildman–Crippen MR) is 70.2 cm³/mol. The molecular formula is C11H15Cl2FN2O. The van der Waals surface area contributed by atoms with E-state index in [1.807, 2.05) is 6.92 Å². The molecule has 3 N–H and O–H groups in total. The van der Waals surface area contributed by atoms with Crippen molar-refractivity contribution in [2.45, 2.75) is 25.8 Å². The van der Waals surface area contributed by atoms with Crippen LogP contribution < -0.4 is 11.1 Å². The SMILES string of the molecule is CC(N)CCC(=O)Nc1ccc(F)c(Cl)c1.Cl. The lowest BCUT2D eigenvalue weighted by Crippen LogP contribution is -2.19. The molecule has 0 heterocycles. The van der Waals surface area contributed by atoms with Gasteiger partial charge in [-0.2, -0.15) is 0 Å². The van der Waals surface area contributed by atoms with Crippen LogP contribution in [-0.4, -0.2) is 11.9 Å². The molecule has 1 amide bonds. The van der Waals surface area contributed by atoms with E-state index in [0.717, 1.165) is 0 Å². The molecule has 0 aromatic heterocycles. The van der Waals surface area contributed by atoms with Crippen molar-refractivity contribution in [3.63, 3.8) is 0 Å². The Balaban J connectivity index is 0.00000256. The number of halogens is 3. The topological polar surface area (TPSA) is 55.1 Å². The third kappa shape index (κ3) is 5.86. The van der Waals surface area contributed by atoms with Gasteiger partial charge in [0.05, 0.1) is 5.02 Å². The smallest absolute Gasteiger partial charge is 0.224 e. The van der Waals surface area contributed by atoms with E-state index < -0.39 is 5.82 Å². The maximum absolute atomic E-state index is 12.8. The molecule has 0 saturated carbocycles. The monoisotopic (exact) mass is 280 g/mol. The zero-order valence-corrected chi connectivity index (χ0v) is 10.9. The Morgan fingerprint density at radius 1 is 1.59 bits per heavy atom. The van der Waals surface area contributed by atoms with Gasteiger partial charge < -0.3 is 11.1 Å². The summed E-state index contributed by atoms with van der Waals surface area (Å²) in [7, 11) is 0. The molecule has 17 heavy (non-hydrogen) atoms. The van der Waals surface area contributed by atoms with E-state index in [9.17, 15) is 9.18 Å². The highest BCUT2D eigenvalue weighted by Gasteiger charge is 2.06. The first-order valence-corrected chi connectivity index (χ1v) is 5.37. The minimum absolute atomic E-state index is 0. The molecule has 3 nitrogen and oxygen atoms in total. The van der Waals surface area contributed by atoms with Gasteiger partial charge in [0.15, 0.2) is 0 Å². The quantitative estimate of drug-likeness (QED) is 0.891. The zero-order valence-electron chi connectivity index (χ0n) is 9.37. The van der Waals surface area contributed by atoms with Crippen LogP contribution in [0.4, 0.5) is 10.1 Å². The summed E-state index contributed by atoms with van der Waals surface area (Å²) in [5.74, 6) is -0.657. The number of anilines is 1. The highest BCUT2D eigenvalue weighted by Crippen LogP contribution is 2.19. The number of hydrogen-bond acceptors (Lipinski definition) is 2. The summed E-state index contributed by atoms with van der Waals surface area (Å²) in [6.07, 6.45) is 0.952. The van der Waals surface area contributed by atoms with E-state index in [2.05, 4.69) is 5.32 Å². The van der Waals surface area contributed by atoms with E-state index in [0.29, 0.717) is 18.5 Å². The molecule has 96 valence electrons. The Bertz CT molecular complexity index is 386. The molecule has 1 rings (SSSR count). The number of benzene rings is 1. The average Bonchev–Trinajstić information content (AvgIpc) is 2.21. The van der Waals surface area contributed by atoms with Crippen molar-refractivity contribution >= 4 is 35.6 Å². The second kappa shape index (κ2) is 7.48. The standard InChI is InChI=1S/C11H14ClFN2O.ClH/c1-7(14)2-5-11(16)15-8-3-4-10(13)9(12)6-8;/h3-4,6-7H,2,5,14H2,1H3,(H,15,16);1H. The summed E-state index contributed by atoms with van der Waals surface area (Å²) in [5, 5.41) is 2.61. The fourth-order valence-electron chi connectivity index (χ4n) is 1.16. The van der Waals surface area contributed by atoms with Crippen LogP contribution in [0.1, 0.15) is 19.8 Å². The van der Waals surface area contributed by atoms with Gasteiger partial charge in [-0.3, -0.25) is 4.79 Å². The van der Waals surface area contributed by atoms with Crippen molar-refractivity contribution in [1.29, 1.82) is 0 Å². The van der Waals surface area contributed by atoms with Gasteiger partial charge in [0.2, 0.25) is 5.91 Å². The summed E-state index contributed by atoms with van der Waals surface area (Å²) in [4.78, 5) is 11.4. The number of rotatable bonds is 4. The largest absolute Gasteiger partial charge is 0.328 e. The van der Waals surface area contributed by atoms with Crippen LogP contribution >= 0.6 is 24.0 Å². The van der Waals surface area contributed by atoms with Crippen molar-refractivity contribution in [2.75, 3.05) is 5.32 Å². The fourth-order valence-corrected chi connectivity index (χ4v) is 1.34. The first kappa shape index (κ1) is 16.2. The number of carbonyl (C=O) groups excluding carboxylic acids is 1. The van der Waals surface area contributed by atoms with Gasteiger partial charge in [-0.15, -0.1) is 12.4 Å². The Kier molecular flexibility index (Phi) is 7.11. The molecule has 0 aliphatic heterocycles. The number of amides is 1. The Morgan fingerprint density at radius 2 is 2.24 bits per heavy atom. The average molecular weight is 281 g/mol. The van der Waals surface area contributed by atoms with Gasteiger partial charge in [0.25, 0.3) is 0 Å². The summed E-state index contributed by atoms with van der Waals surface area (Å²) >= 11 is 5.58. The van der Waals surface area contributed by atoms with Crippen molar-refractivity contribution in [1.82, 2.24) is 0 Å². The minimum atomic E-state index is -0.504. The lowest BCUT2D eigenvalue weighted by atomic mass is 10.2. The Hall–Kier alpha value is -0.840. The normalized spacial score (nSPS) is 11.5. The Labute approximate surface area is 111 Å². The minimum Gasteiger partial charge on any atom is -0.328 e. The molecule has 1 unspecified atom stereocenters. The van der Waals surface area contributed by atoms with Crippen LogP contribution in [0.5, 0.6) is 0 Å². The second-order valence-electron chi connectivity index (χ2n) is 3.69. The van der Waals surface area contributed by atoms with E-state index in [-0.39, 0.29) is 29.4 Å². The molecule has 0 aliphatic carbocycles. The lowest BCUT2D eigenvalue weighted by molar-refractivity contribution is -0.116. The highest BCUT2D eigenvalue weighted by molar-refractivity contribution is 6.31. The maximum Gasteiger partial charge on any atom is 0.224 e. The molecule has 1 aromatic rings. The molecule has 0 radical (unpaired) electrons. The zero-order chi connectivity index (χ0) is 12.1. The van der Waals surface area contributed by atoms with E-state index in [4.69, 9.17) is 17.3 Å². The number of carbonyl (C=O) groups is 1. The third-order valence-electron chi connectivity index (χ3n) is 2.03. The van der Waals surface area contributed by atoms with Crippen LogP contribution in [0.25, 0.3) is 0 Å². The molecule has 1 atom stereocenters. The molecule has 0 bridgehead atoms. The van der Waals surface area contributed by atoms with Crippen molar-refractivity contribution < 1.29 is 9.18 Å². The number of hydrogen-bond donors (Lipinski definition) is 2. The van der Waals surface area contributed by atoms with E-state index >= 15 is 0 Å². The van der Waals surface area contributed by atoms with Gasteiger partial charge in [-0.1, -0.05) is 11.6 Å². The Morgan fingerprint density at radius 3 is 2.76 bits per heavy atom. The molecule has 0 spiro atoms. The van der Waals surface area contributed by atoms with Crippen LogP contribution in [0, 0.1) is 5.82 Å². The van der Waals surface area contributed by atoms with Crippen molar-refractivity contribution in [2.24, 2.45) is 5.73 Å². The third-order valence-corrected chi connectivity index (χ3v) is 2.32. The summed E-state index contributed by atoms with van der Waals surface area (Å²) in [6.45, 7) is 1.84. The molecular weight excluding hydrogens is 266 g/mol. The van der Waals surface area contributed by atoms with Gasteiger partial charge in [-0.25, -0.2) is 4.39 Å². The van der Waals surface area contributed by atoms with Crippen molar-refractivity contribution in [3.8, 4) is 0 Å². The molecule has 1 aromatic carbocycles. The van der Waals surface area contributed by atoms with Gasteiger partial charge in [-0.05, 0) is 31.5 Å². The summed E-state index contributed by atoms with van der Waals surface area (Å²) in [6, 6.07) is 4.04. The van der Waals surface area contributed by atoms with Crippen LogP contribution in [0.3, 0.4) is 0 Å². The molecule has 0 saturated heterocycles. The first-order valence-electron chi connectivity index (χ1n) is 4.99. The van der Waals surface area contributed by atoms with Gasteiger partial charge in [0.1, 0.15) is 5.82 Å². The van der Waals surface area contributed by atoms with Crippen molar-refractivity contribution in [3.05, 3.63) is 29.0 Å². The van der Waals surface area contributed by atoms with Gasteiger partial charge >= 0.3 is 0 Å². The lowest BCUT2D eigenvalue weighted by Gasteiger charge is -2.07. The number of nitrogens with one attached hydrogen (secondary N) is 1. The van der Waals surface area contributed by atoms with E-state index in [1.54, 1.807) is 0 Å². The highest BCUT2D eigenvalue weighted by atomic mass is 35.5. The van der Waals surface area contributed by atoms with Gasteiger partial charge in [0, 0.05) is 18.2 Å². The summed E-state index contributed by atoms with van der Waals surface area (Å²) < 4.78 is 12.8. The first-order chi connectivity index (χ1) is 7.49.